The summed E-state index contributed by atoms with van der Waals surface area (Å²) in [7, 11) is 2.61. The molecule has 0 N–H and O–H groups in total. The van der Waals surface area contributed by atoms with E-state index in [-0.39, 0.29) is 12.1 Å². The Balaban J connectivity index is 2.85. The third-order valence-corrected chi connectivity index (χ3v) is 2.15. The Morgan fingerprint density at radius 3 is 2.61 bits per heavy atom. The van der Waals surface area contributed by atoms with Crippen molar-refractivity contribution in [1.82, 2.24) is 4.98 Å². The lowest BCUT2D eigenvalue weighted by atomic mass is 10.1. The molecule has 1 aromatic heterocycles. The first-order valence-electron chi connectivity index (χ1n) is 5.19. The summed E-state index contributed by atoms with van der Waals surface area (Å²) in [4.78, 5) is 26.1. The summed E-state index contributed by atoms with van der Waals surface area (Å²) in [5, 5.41) is 0. The SMILES string of the molecule is COC(=O)CC#Cc1cnc(C(=O)OC)c(C)c1. The first-order chi connectivity index (χ1) is 8.58. The van der Waals surface area contributed by atoms with Gasteiger partial charge in [0, 0.05) is 11.8 Å². The van der Waals surface area contributed by atoms with Gasteiger partial charge in [0.25, 0.3) is 0 Å². The van der Waals surface area contributed by atoms with Gasteiger partial charge in [-0.15, -0.1) is 0 Å². The van der Waals surface area contributed by atoms with Gasteiger partial charge >= 0.3 is 11.9 Å². The molecule has 5 nitrogen and oxygen atoms in total. The molecule has 0 saturated carbocycles. The lowest BCUT2D eigenvalue weighted by molar-refractivity contribution is -0.139. The molecule has 0 aromatic carbocycles. The highest BCUT2D eigenvalue weighted by molar-refractivity contribution is 5.88. The highest BCUT2D eigenvalue weighted by Crippen LogP contribution is 2.08. The topological polar surface area (TPSA) is 65.5 Å². The summed E-state index contributed by atoms with van der Waals surface area (Å²) in [6, 6.07) is 1.71. The van der Waals surface area contributed by atoms with Crippen LogP contribution in [0, 0.1) is 18.8 Å². The second kappa shape index (κ2) is 6.40. The van der Waals surface area contributed by atoms with E-state index in [9.17, 15) is 9.59 Å². The van der Waals surface area contributed by atoms with Crippen LogP contribution in [0.3, 0.4) is 0 Å². The van der Waals surface area contributed by atoms with Crippen molar-refractivity contribution in [2.75, 3.05) is 14.2 Å². The van der Waals surface area contributed by atoms with Crippen LogP contribution in [0.5, 0.6) is 0 Å². The summed E-state index contributed by atoms with van der Waals surface area (Å²) >= 11 is 0. The molecule has 1 aromatic rings. The number of aryl methyl sites for hydroxylation is 1. The number of pyridine rings is 1. The van der Waals surface area contributed by atoms with Crippen molar-refractivity contribution in [2.24, 2.45) is 0 Å². The van der Waals surface area contributed by atoms with Gasteiger partial charge in [-0.3, -0.25) is 4.79 Å². The van der Waals surface area contributed by atoms with Crippen molar-refractivity contribution < 1.29 is 19.1 Å². The van der Waals surface area contributed by atoms with E-state index in [1.807, 2.05) is 0 Å². The Kier molecular flexibility index (Phi) is 4.88. The molecule has 0 radical (unpaired) electrons. The molecule has 0 unspecified atom stereocenters. The van der Waals surface area contributed by atoms with E-state index in [0.717, 1.165) is 0 Å². The number of rotatable bonds is 2. The van der Waals surface area contributed by atoms with E-state index in [1.165, 1.54) is 20.4 Å². The highest BCUT2D eigenvalue weighted by Gasteiger charge is 2.10. The maximum Gasteiger partial charge on any atom is 0.356 e. The molecule has 0 fully saturated rings. The minimum Gasteiger partial charge on any atom is -0.468 e. The maximum atomic E-state index is 11.3. The molecule has 0 bridgehead atoms. The number of methoxy groups -OCH3 is 2. The van der Waals surface area contributed by atoms with Crippen molar-refractivity contribution in [3.63, 3.8) is 0 Å². The maximum absolute atomic E-state index is 11.3. The number of hydrogen-bond donors (Lipinski definition) is 0. The minimum absolute atomic E-state index is 0.0221. The lowest BCUT2D eigenvalue weighted by Crippen LogP contribution is -2.06. The van der Waals surface area contributed by atoms with Gasteiger partial charge in [0.1, 0.15) is 6.42 Å². The molecule has 0 spiro atoms. The number of esters is 2. The van der Waals surface area contributed by atoms with Crippen LogP contribution in [0.15, 0.2) is 12.3 Å². The van der Waals surface area contributed by atoms with Crippen LogP contribution < -0.4 is 0 Å². The smallest absolute Gasteiger partial charge is 0.356 e. The molecule has 0 atom stereocenters. The van der Waals surface area contributed by atoms with Gasteiger partial charge in [-0.1, -0.05) is 11.8 Å². The molecular formula is C13H13NO4. The Bertz CT molecular complexity index is 526. The number of aromatic nitrogens is 1. The van der Waals surface area contributed by atoms with E-state index < -0.39 is 11.9 Å². The number of carbonyl (C=O) groups is 2. The predicted octanol–water partition coefficient (Wildman–Crippen LogP) is 1.09. The molecule has 0 saturated heterocycles. The van der Waals surface area contributed by atoms with Crippen LogP contribution in [0.1, 0.15) is 28.0 Å². The largest absolute Gasteiger partial charge is 0.468 e. The van der Waals surface area contributed by atoms with Crippen molar-refractivity contribution in [3.05, 3.63) is 29.1 Å². The fourth-order valence-electron chi connectivity index (χ4n) is 1.24. The van der Waals surface area contributed by atoms with Gasteiger partial charge in [-0.2, -0.15) is 0 Å². The Hall–Kier alpha value is -2.35. The van der Waals surface area contributed by atoms with Crippen LogP contribution in [-0.2, 0) is 14.3 Å². The van der Waals surface area contributed by atoms with Gasteiger partial charge in [-0.25, -0.2) is 9.78 Å². The van der Waals surface area contributed by atoms with Crippen LogP contribution >= 0.6 is 0 Å². The first kappa shape index (κ1) is 13.7. The molecule has 0 amide bonds. The molecule has 0 aliphatic heterocycles. The second-order valence-electron chi connectivity index (χ2n) is 3.44. The van der Waals surface area contributed by atoms with Crippen LogP contribution in [0.4, 0.5) is 0 Å². The van der Waals surface area contributed by atoms with Crippen molar-refractivity contribution >= 4 is 11.9 Å². The quantitative estimate of drug-likeness (QED) is 0.578. The predicted molar refractivity (Wildman–Crippen MR) is 63.8 cm³/mol. The summed E-state index contributed by atoms with van der Waals surface area (Å²) in [6.07, 6.45) is 1.48. The Morgan fingerprint density at radius 1 is 1.33 bits per heavy atom. The summed E-state index contributed by atoms with van der Waals surface area (Å²) < 4.78 is 9.04. The molecule has 0 aliphatic rings. The molecule has 1 heterocycles. The highest BCUT2D eigenvalue weighted by atomic mass is 16.5. The van der Waals surface area contributed by atoms with Crippen LogP contribution in [0.2, 0.25) is 0 Å². The summed E-state index contributed by atoms with van der Waals surface area (Å²) in [6.45, 7) is 1.74. The zero-order valence-electron chi connectivity index (χ0n) is 10.4. The van der Waals surface area contributed by atoms with Crippen molar-refractivity contribution in [1.29, 1.82) is 0 Å². The minimum atomic E-state index is -0.485. The molecule has 1 rings (SSSR count). The van der Waals surface area contributed by atoms with Gasteiger partial charge in [0.2, 0.25) is 0 Å². The monoisotopic (exact) mass is 247 g/mol. The average molecular weight is 247 g/mol. The standard InChI is InChI=1S/C13H13NO4/c1-9-7-10(5-4-6-11(15)17-2)8-14-12(9)13(16)18-3/h7-8H,6H2,1-3H3. The molecule has 0 aliphatic carbocycles. The number of hydrogen-bond acceptors (Lipinski definition) is 5. The zero-order chi connectivity index (χ0) is 13.5. The van der Waals surface area contributed by atoms with Gasteiger partial charge < -0.3 is 9.47 Å². The number of ether oxygens (including phenoxy) is 2. The van der Waals surface area contributed by atoms with E-state index >= 15 is 0 Å². The fraction of sp³-hybridized carbons (Fsp3) is 0.308. The van der Waals surface area contributed by atoms with Gasteiger partial charge in [0.15, 0.2) is 5.69 Å². The van der Waals surface area contributed by atoms with Gasteiger partial charge in [0.05, 0.1) is 14.2 Å². The second-order valence-corrected chi connectivity index (χ2v) is 3.44. The molecule has 5 heteroatoms. The average Bonchev–Trinajstić information content (AvgIpc) is 2.37. The fourth-order valence-corrected chi connectivity index (χ4v) is 1.24. The van der Waals surface area contributed by atoms with E-state index in [4.69, 9.17) is 0 Å². The molecule has 94 valence electrons. The van der Waals surface area contributed by atoms with E-state index in [1.54, 1.807) is 13.0 Å². The summed E-state index contributed by atoms with van der Waals surface area (Å²) in [5.74, 6) is 4.56. The third-order valence-electron chi connectivity index (χ3n) is 2.15. The van der Waals surface area contributed by atoms with E-state index in [0.29, 0.717) is 11.1 Å². The molecule has 18 heavy (non-hydrogen) atoms. The van der Waals surface area contributed by atoms with Crippen molar-refractivity contribution in [2.45, 2.75) is 13.3 Å². The Labute approximate surface area is 105 Å². The Morgan fingerprint density at radius 2 is 2.06 bits per heavy atom. The first-order valence-corrected chi connectivity index (χ1v) is 5.19. The normalized spacial score (nSPS) is 9.06. The number of nitrogens with zero attached hydrogens (tertiary/aromatic N) is 1. The third kappa shape index (κ3) is 3.59. The van der Waals surface area contributed by atoms with Crippen LogP contribution in [-0.4, -0.2) is 31.1 Å². The lowest BCUT2D eigenvalue weighted by Gasteiger charge is -2.02. The van der Waals surface area contributed by atoms with Crippen LogP contribution in [0.25, 0.3) is 0 Å². The van der Waals surface area contributed by atoms with Crippen molar-refractivity contribution in [3.8, 4) is 11.8 Å². The number of carbonyl (C=O) groups excluding carboxylic acids is 2. The molecular weight excluding hydrogens is 234 g/mol. The van der Waals surface area contributed by atoms with Gasteiger partial charge in [-0.05, 0) is 18.6 Å². The van der Waals surface area contributed by atoms with E-state index in [2.05, 4.69) is 26.3 Å². The zero-order valence-corrected chi connectivity index (χ0v) is 10.4. The summed E-state index contributed by atoms with van der Waals surface area (Å²) in [5.41, 5.74) is 1.56.